The molecule has 1 aromatic carbocycles. The minimum absolute atomic E-state index is 0.346. The number of ether oxygens (including phenoxy) is 1. The van der Waals surface area contributed by atoms with Gasteiger partial charge in [0.15, 0.2) is 0 Å². The summed E-state index contributed by atoms with van der Waals surface area (Å²) in [5.74, 6) is 0.544. The van der Waals surface area contributed by atoms with Gasteiger partial charge in [-0.1, -0.05) is 19.9 Å². The Bertz CT molecular complexity index is 590. The Kier molecular flexibility index (Phi) is 5.09. The molecular formula is C15H16BrFN2O. The van der Waals surface area contributed by atoms with E-state index in [1.807, 2.05) is 12.1 Å². The number of aromatic nitrogens is 1. The third-order valence-electron chi connectivity index (χ3n) is 2.65. The standard InChI is InChI=1S/C15H16BrFN2O/c1-10(2)19-9-11-4-3-7-18-15(11)20-14-8-12(17)5-6-13(14)16/h3-8,10,19H,9H2,1-2H3. The zero-order valence-corrected chi connectivity index (χ0v) is 12.9. The summed E-state index contributed by atoms with van der Waals surface area (Å²) in [4.78, 5) is 4.22. The van der Waals surface area contributed by atoms with Crippen LogP contribution in [0.4, 0.5) is 4.39 Å². The van der Waals surface area contributed by atoms with Crippen LogP contribution in [0, 0.1) is 5.82 Å². The molecular weight excluding hydrogens is 323 g/mol. The zero-order valence-electron chi connectivity index (χ0n) is 11.4. The van der Waals surface area contributed by atoms with Crippen molar-refractivity contribution in [1.29, 1.82) is 0 Å². The third-order valence-corrected chi connectivity index (χ3v) is 3.31. The van der Waals surface area contributed by atoms with Crippen molar-refractivity contribution in [3.63, 3.8) is 0 Å². The molecule has 0 saturated carbocycles. The van der Waals surface area contributed by atoms with Gasteiger partial charge in [-0.25, -0.2) is 9.37 Å². The maximum absolute atomic E-state index is 13.3. The van der Waals surface area contributed by atoms with Crippen LogP contribution in [0.1, 0.15) is 19.4 Å². The van der Waals surface area contributed by atoms with Crippen LogP contribution in [0.2, 0.25) is 0 Å². The normalized spacial score (nSPS) is 10.8. The Labute approximate surface area is 126 Å². The van der Waals surface area contributed by atoms with E-state index >= 15 is 0 Å². The predicted molar refractivity (Wildman–Crippen MR) is 80.4 cm³/mol. The second-order valence-corrected chi connectivity index (χ2v) is 5.53. The van der Waals surface area contributed by atoms with E-state index < -0.39 is 0 Å². The molecule has 0 atom stereocenters. The fourth-order valence-corrected chi connectivity index (χ4v) is 1.95. The summed E-state index contributed by atoms with van der Waals surface area (Å²) in [5.41, 5.74) is 0.928. The number of nitrogens with one attached hydrogen (secondary N) is 1. The average Bonchev–Trinajstić information content (AvgIpc) is 2.42. The minimum atomic E-state index is -0.346. The number of nitrogens with zero attached hydrogens (tertiary/aromatic N) is 1. The van der Waals surface area contributed by atoms with Crippen LogP contribution in [0.15, 0.2) is 41.0 Å². The van der Waals surface area contributed by atoms with E-state index in [4.69, 9.17) is 4.74 Å². The van der Waals surface area contributed by atoms with Crippen molar-refractivity contribution in [1.82, 2.24) is 10.3 Å². The van der Waals surface area contributed by atoms with E-state index in [-0.39, 0.29) is 5.82 Å². The van der Waals surface area contributed by atoms with Gasteiger partial charge >= 0.3 is 0 Å². The Balaban J connectivity index is 2.22. The molecule has 0 fully saturated rings. The summed E-state index contributed by atoms with van der Waals surface area (Å²) in [7, 11) is 0. The zero-order chi connectivity index (χ0) is 14.5. The number of pyridine rings is 1. The number of benzene rings is 1. The van der Waals surface area contributed by atoms with Gasteiger partial charge in [0, 0.05) is 30.4 Å². The van der Waals surface area contributed by atoms with Crippen LogP contribution in [-0.2, 0) is 6.54 Å². The lowest BCUT2D eigenvalue weighted by atomic mass is 10.2. The first-order valence-corrected chi connectivity index (χ1v) is 7.15. The van der Waals surface area contributed by atoms with Crippen molar-refractivity contribution in [2.24, 2.45) is 0 Å². The molecule has 5 heteroatoms. The molecule has 0 saturated heterocycles. The monoisotopic (exact) mass is 338 g/mol. The van der Waals surface area contributed by atoms with E-state index in [1.165, 1.54) is 12.1 Å². The first-order chi connectivity index (χ1) is 9.56. The number of hydrogen-bond acceptors (Lipinski definition) is 3. The first-order valence-electron chi connectivity index (χ1n) is 6.36. The predicted octanol–water partition coefficient (Wildman–Crippen LogP) is 4.27. The fourth-order valence-electron chi connectivity index (χ4n) is 1.62. The fraction of sp³-hybridized carbons (Fsp3) is 0.267. The maximum Gasteiger partial charge on any atom is 0.223 e. The first kappa shape index (κ1) is 14.9. The van der Waals surface area contributed by atoms with E-state index in [2.05, 4.69) is 40.1 Å². The highest BCUT2D eigenvalue weighted by atomic mass is 79.9. The molecule has 1 N–H and O–H groups in total. The van der Waals surface area contributed by atoms with Crippen LogP contribution in [0.5, 0.6) is 11.6 Å². The van der Waals surface area contributed by atoms with Gasteiger partial charge in [0.05, 0.1) is 4.47 Å². The summed E-state index contributed by atoms with van der Waals surface area (Å²) in [5, 5.41) is 3.31. The lowest BCUT2D eigenvalue weighted by molar-refractivity contribution is 0.443. The van der Waals surface area contributed by atoms with Gasteiger partial charge < -0.3 is 10.1 Å². The van der Waals surface area contributed by atoms with Crippen LogP contribution in [0.3, 0.4) is 0 Å². The highest BCUT2D eigenvalue weighted by Gasteiger charge is 2.09. The van der Waals surface area contributed by atoms with E-state index in [0.29, 0.717) is 28.7 Å². The van der Waals surface area contributed by atoms with Crippen molar-refractivity contribution >= 4 is 15.9 Å². The lowest BCUT2D eigenvalue weighted by Gasteiger charge is -2.13. The molecule has 0 aliphatic carbocycles. The van der Waals surface area contributed by atoms with Gasteiger partial charge in [-0.15, -0.1) is 0 Å². The van der Waals surface area contributed by atoms with Crippen LogP contribution < -0.4 is 10.1 Å². The molecule has 0 aliphatic heterocycles. The Hall–Kier alpha value is -1.46. The van der Waals surface area contributed by atoms with Crippen LogP contribution in [0.25, 0.3) is 0 Å². The molecule has 0 radical (unpaired) electrons. The van der Waals surface area contributed by atoms with Crippen molar-refractivity contribution in [3.05, 3.63) is 52.4 Å². The Morgan fingerprint density at radius 1 is 1.35 bits per heavy atom. The minimum Gasteiger partial charge on any atom is -0.437 e. The highest BCUT2D eigenvalue weighted by Crippen LogP contribution is 2.30. The second-order valence-electron chi connectivity index (χ2n) is 4.68. The summed E-state index contributed by atoms with van der Waals surface area (Å²) in [6.45, 7) is 4.79. The van der Waals surface area contributed by atoms with Crippen LogP contribution in [-0.4, -0.2) is 11.0 Å². The van der Waals surface area contributed by atoms with Crippen molar-refractivity contribution in [2.45, 2.75) is 26.4 Å². The van der Waals surface area contributed by atoms with Gasteiger partial charge in [0.1, 0.15) is 11.6 Å². The molecule has 0 unspecified atom stereocenters. The molecule has 0 bridgehead atoms. The van der Waals surface area contributed by atoms with E-state index in [9.17, 15) is 4.39 Å². The van der Waals surface area contributed by atoms with Gasteiger partial charge in [0.25, 0.3) is 0 Å². The third kappa shape index (κ3) is 4.02. The summed E-state index contributed by atoms with van der Waals surface area (Å²) in [6, 6.07) is 8.47. The van der Waals surface area contributed by atoms with Crippen molar-refractivity contribution in [3.8, 4) is 11.6 Å². The number of rotatable bonds is 5. The molecule has 0 amide bonds. The largest absolute Gasteiger partial charge is 0.437 e. The van der Waals surface area contributed by atoms with Crippen molar-refractivity contribution in [2.75, 3.05) is 0 Å². The SMILES string of the molecule is CC(C)NCc1cccnc1Oc1cc(F)ccc1Br. The molecule has 2 rings (SSSR count). The lowest BCUT2D eigenvalue weighted by Crippen LogP contribution is -2.22. The maximum atomic E-state index is 13.3. The topological polar surface area (TPSA) is 34.2 Å². The molecule has 0 aliphatic rings. The van der Waals surface area contributed by atoms with Gasteiger partial charge in [0.2, 0.25) is 5.88 Å². The van der Waals surface area contributed by atoms with E-state index in [1.54, 1.807) is 12.3 Å². The molecule has 106 valence electrons. The molecule has 1 aromatic heterocycles. The second kappa shape index (κ2) is 6.81. The quantitative estimate of drug-likeness (QED) is 0.883. The summed E-state index contributed by atoms with van der Waals surface area (Å²) in [6.07, 6.45) is 1.65. The smallest absolute Gasteiger partial charge is 0.223 e. The Morgan fingerprint density at radius 2 is 2.15 bits per heavy atom. The summed E-state index contributed by atoms with van der Waals surface area (Å²) < 4.78 is 19.7. The summed E-state index contributed by atoms with van der Waals surface area (Å²) >= 11 is 3.34. The average molecular weight is 339 g/mol. The van der Waals surface area contributed by atoms with Gasteiger partial charge in [-0.05, 0) is 34.1 Å². The van der Waals surface area contributed by atoms with Crippen molar-refractivity contribution < 1.29 is 9.13 Å². The highest BCUT2D eigenvalue weighted by molar-refractivity contribution is 9.10. The number of hydrogen-bond donors (Lipinski definition) is 1. The molecule has 20 heavy (non-hydrogen) atoms. The number of halogens is 2. The molecule has 3 nitrogen and oxygen atoms in total. The molecule has 2 aromatic rings. The van der Waals surface area contributed by atoms with Crippen LogP contribution >= 0.6 is 15.9 Å². The Morgan fingerprint density at radius 3 is 2.90 bits per heavy atom. The molecule has 1 heterocycles. The van der Waals surface area contributed by atoms with Gasteiger partial charge in [-0.2, -0.15) is 0 Å². The van der Waals surface area contributed by atoms with Gasteiger partial charge in [-0.3, -0.25) is 0 Å². The molecule has 0 spiro atoms. The van der Waals surface area contributed by atoms with E-state index in [0.717, 1.165) is 5.56 Å².